The second-order valence-corrected chi connectivity index (χ2v) is 5.70. The minimum Gasteiger partial charge on any atom is -0.314 e. The molecule has 0 heterocycles. The maximum Gasteiger partial charge on any atom is 0.0141 e. The second-order valence-electron chi connectivity index (χ2n) is 4.43. The summed E-state index contributed by atoms with van der Waals surface area (Å²) in [6.45, 7) is 12.0. The second kappa shape index (κ2) is 6.68. The lowest BCUT2D eigenvalue weighted by molar-refractivity contribution is 0.422. The van der Waals surface area contributed by atoms with E-state index in [0.717, 1.165) is 24.9 Å². The lowest BCUT2D eigenvalue weighted by Gasteiger charge is -2.20. The Morgan fingerprint density at radius 1 is 1.23 bits per heavy atom. The van der Waals surface area contributed by atoms with Gasteiger partial charge in [-0.1, -0.05) is 6.92 Å². The van der Waals surface area contributed by atoms with E-state index in [1.807, 2.05) is 11.8 Å². The predicted molar refractivity (Wildman–Crippen MR) is 63.6 cm³/mol. The summed E-state index contributed by atoms with van der Waals surface area (Å²) in [5.74, 6) is 0. The standard InChI is InChI=1S/C10H24N2S/c1-9(13-5)8-11-6-7-12-10(2,3)4/h9,11-12H,6-8H2,1-5H3. The molecule has 0 radical (unpaired) electrons. The largest absolute Gasteiger partial charge is 0.314 e. The van der Waals surface area contributed by atoms with E-state index in [0.29, 0.717) is 0 Å². The Bertz CT molecular complexity index is 121. The van der Waals surface area contributed by atoms with Crippen LogP contribution in [-0.2, 0) is 0 Å². The van der Waals surface area contributed by atoms with Crippen LogP contribution < -0.4 is 10.6 Å². The lowest BCUT2D eigenvalue weighted by Crippen LogP contribution is -2.40. The van der Waals surface area contributed by atoms with Gasteiger partial charge in [0.2, 0.25) is 0 Å². The first-order valence-corrected chi connectivity index (χ1v) is 6.23. The van der Waals surface area contributed by atoms with Gasteiger partial charge < -0.3 is 10.6 Å². The molecular formula is C10H24N2S. The summed E-state index contributed by atoms with van der Waals surface area (Å²) in [6.07, 6.45) is 2.15. The minimum atomic E-state index is 0.243. The molecule has 0 saturated carbocycles. The average molecular weight is 204 g/mol. The quantitative estimate of drug-likeness (QED) is 0.644. The Kier molecular flexibility index (Phi) is 6.82. The molecule has 3 heteroatoms. The third-order valence-corrected chi connectivity index (χ3v) is 2.76. The summed E-state index contributed by atoms with van der Waals surface area (Å²) in [5.41, 5.74) is 0.243. The van der Waals surface area contributed by atoms with Gasteiger partial charge in [0.15, 0.2) is 0 Å². The molecule has 0 aromatic rings. The molecule has 0 bridgehead atoms. The van der Waals surface area contributed by atoms with E-state index in [9.17, 15) is 0 Å². The van der Waals surface area contributed by atoms with Gasteiger partial charge in [-0.3, -0.25) is 0 Å². The van der Waals surface area contributed by atoms with Crippen molar-refractivity contribution in [1.82, 2.24) is 10.6 Å². The molecule has 0 amide bonds. The van der Waals surface area contributed by atoms with Gasteiger partial charge in [-0.25, -0.2) is 0 Å². The summed E-state index contributed by atoms with van der Waals surface area (Å²) in [5, 5.41) is 7.59. The van der Waals surface area contributed by atoms with Crippen LogP contribution in [-0.4, -0.2) is 36.7 Å². The zero-order chi connectivity index (χ0) is 10.3. The van der Waals surface area contributed by atoms with Crippen molar-refractivity contribution in [2.24, 2.45) is 0 Å². The Hall–Kier alpha value is 0.270. The SMILES string of the molecule is CSC(C)CNCCNC(C)(C)C. The zero-order valence-corrected chi connectivity index (χ0v) is 10.4. The van der Waals surface area contributed by atoms with Gasteiger partial charge in [0.1, 0.15) is 0 Å². The van der Waals surface area contributed by atoms with Crippen LogP contribution in [0.4, 0.5) is 0 Å². The Labute approximate surface area is 87.2 Å². The number of thioether (sulfide) groups is 1. The van der Waals surface area contributed by atoms with Crippen molar-refractivity contribution in [1.29, 1.82) is 0 Å². The first-order chi connectivity index (χ1) is 5.95. The fourth-order valence-electron chi connectivity index (χ4n) is 0.915. The van der Waals surface area contributed by atoms with Crippen molar-refractivity contribution in [3.63, 3.8) is 0 Å². The Morgan fingerprint density at radius 2 is 1.85 bits per heavy atom. The molecule has 2 N–H and O–H groups in total. The van der Waals surface area contributed by atoms with Gasteiger partial charge >= 0.3 is 0 Å². The van der Waals surface area contributed by atoms with E-state index in [4.69, 9.17) is 0 Å². The molecule has 0 saturated heterocycles. The van der Waals surface area contributed by atoms with E-state index < -0.39 is 0 Å². The topological polar surface area (TPSA) is 24.1 Å². The molecule has 0 aromatic heterocycles. The van der Waals surface area contributed by atoms with Crippen molar-refractivity contribution in [3.8, 4) is 0 Å². The van der Waals surface area contributed by atoms with Crippen molar-refractivity contribution in [2.45, 2.75) is 38.5 Å². The minimum absolute atomic E-state index is 0.243. The average Bonchev–Trinajstić information content (AvgIpc) is 2.01. The van der Waals surface area contributed by atoms with E-state index in [-0.39, 0.29) is 5.54 Å². The van der Waals surface area contributed by atoms with Crippen molar-refractivity contribution in [2.75, 3.05) is 25.9 Å². The van der Waals surface area contributed by atoms with Gasteiger partial charge in [-0.05, 0) is 27.0 Å². The molecule has 0 aromatic carbocycles. The molecule has 0 fully saturated rings. The van der Waals surface area contributed by atoms with Crippen LogP contribution >= 0.6 is 11.8 Å². The van der Waals surface area contributed by atoms with Crippen LogP contribution in [0.5, 0.6) is 0 Å². The zero-order valence-electron chi connectivity index (χ0n) is 9.61. The summed E-state index contributed by atoms with van der Waals surface area (Å²) in [4.78, 5) is 0. The lowest BCUT2D eigenvalue weighted by atomic mass is 10.1. The summed E-state index contributed by atoms with van der Waals surface area (Å²) in [6, 6.07) is 0. The molecule has 1 unspecified atom stereocenters. The smallest absolute Gasteiger partial charge is 0.0141 e. The predicted octanol–water partition coefficient (Wildman–Crippen LogP) is 1.72. The fraction of sp³-hybridized carbons (Fsp3) is 1.00. The van der Waals surface area contributed by atoms with Gasteiger partial charge in [-0.15, -0.1) is 0 Å². The molecule has 0 aliphatic carbocycles. The van der Waals surface area contributed by atoms with Crippen molar-refractivity contribution in [3.05, 3.63) is 0 Å². The molecule has 13 heavy (non-hydrogen) atoms. The highest BCUT2D eigenvalue weighted by atomic mass is 32.2. The number of rotatable bonds is 6. The Balaban J connectivity index is 3.18. The van der Waals surface area contributed by atoms with Gasteiger partial charge in [0.05, 0.1) is 0 Å². The van der Waals surface area contributed by atoms with Crippen LogP contribution in [0, 0.1) is 0 Å². The van der Waals surface area contributed by atoms with E-state index in [2.05, 4.69) is 44.6 Å². The maximum atomic E-state index is 3.44. The van der Waals surface area contributed by atoms with E-state index in [1.54, 1.807) is 0 Å². The molecule has 0 aliphatic heterocycles. The van der Waals surface area contributed by atoms with E-state index in [1.165, 1.54) is 0 Å². The van der Waals surface area contributed by atoms with Crippen LogP contribution in [0.15, 0.2) is 0 Å². The summed E-state index contributed by atoms with van der Waals surface area (Å²) >= 11 is 1.91. The highest BCUT2D eigenvalue weighted by molar-refractivity contribution is 7.99. The van der Waals surface area contributed by atoms with Crippen LogP contribution in [0.3, 0.4) is 0 Å². The van der Waals surface area contributed by atoms with E-state index >= 15 is 0 Å². The third kappa shape index (κ3) is 10.2. The van der Waals surface area contributed by atoms with Gasteiger partial charge in [0.25, 0.3) is 0 Å². The number of hydrogen-bond donors (Lipinski definition) is 2. The first kappa shape index (κ1) is 13.3. The van der Waals surface area contributed by atoms with Gasteiger partial charge in [0, 0.05) is 30.4 Å². The summed E-state index contributed by atoms with van der Waals surface area (Å²) < 4.78 is 0. The first-order valence-electron chi connectivity index (χ1n) is 4.94. The third-order valence-electron chi connectivity index (χ3n) is 1.79. The van der Waals surface area contributed by atoms with Crippen LogP contribution in [0.2, 0.25) is 0 Å². The molecular weight excluding hydrogens is 180 g/mol. The summed E-state index contributed by atoms with van der Waals surface area (Å²) in [7, 11) is 0. The highest BCUT2D eigenvalue weighted by Gasteiger charge is 2.06. The van der Waals surface area contributed by atoms with Gasteiger partial charge in [-0.2, -0.15) is 11.8 Å². The monoisotopic (exact) mass is 204 g/mol. The molecule has 1 atom stereocenters. The highest BCUT2D eigenvalue weighted by Crippen LogP contribution is 2.02. The number of hydrogen-bond acceptors (Lipinski definition) is 3. The van der Waals surface area contributed by atoms with Crippen molar-refractivity contribution >= 4 is 11.8 Å². The Morgan fingerprint density at radius 3 is 2.31 bits per heavy atom. The molecule has 0 rings (SSSR count). The van der Waals surface area contributed by atoms with Crippen LogP contribution in [0.1, 0.15) is 27.7 Å². The molecule has 80 valence electrons. The van der Waals surface area contributed by atoms with Crippen molar-refractivity contribution < 1.29 is 0 Å². The number of nitrogens with one attached hydrogen (secondary N) is 2. The maximum absolute atomic E-state index is 3.44. The molecule has 2 nitrogen and oxygen atoms in total. The van der Waals surface area contributed by atoms with Crippen LogP contribution in [0.25, 0.3) is 0 Å². The molecule has 0 aliphatic rings. The normalized spacial score (nSPS) is 14.5. The molecule has 0 spiro atoms. The fourth-order valence-corrected chi connectivity index (χ4v) is 1.20.